The van der Waals surface area contributed by atoms with Crippen LogP contribution in [0, 0.1) is 5.92 Å². The van der Waals surface area contributed by atoms with Crippen LogP contribution in [0.15, 0.2) is 0 Å². The number of rotatable bonds is 6. The fourth-order valence-electron chi connectivity index (χ4n) is 2.28. The van der Waals surface area contributed by atoms with E-state index in [1.165, 1.54) is 18.3 Å². The van der Waals surface area contributed by atoms with Gasteiger partial charge in [-0.1, -0.05) is 6.92 Å². The molecule has 0 spiro atoms. The maximum absolute atomic E-state index is 12.3. The Bertz CT molecular complexity index is 391. The van der Waals surface area contributed by atoms with Crippen LogP contribution in [0.3, 0.4) is 0 Å². The number of carbonyl (C=O) groups is 1. The summed E-state index contributed by atoms with van der Waals surface area (Å²) in [4.78, 5) is 11.4. The summed E-state index contributed by atoms with van der Waals surface area (Å²) in [7, 11) is -2.42. The van der Waals surface area contributed by atoms with E-state index in [-0.39, 0.29) is 0 Å². The van der Waals surface area contributed by atoms with Crippen LogP contribution >= 0.6 is 0 Å². The molecule has 6 nitrogen and oxygen atoms in total. The van der Waals surface area contributed by atoms with Crippen LogP contribution in [-0.2, 0) is 19.6 Å². The molecule has 0 aromatic carbocycles. The Morgan fingerprint density at radius 1 is 1.42 bits per heavy atom. The van der Waals surface area contributed by atoms with Gasteiger partial charge >= 0.3 is 5.97 Å². The zero-order valence-electron chi connectivity index (χ0n) is 11.9. The predicted molar refractivity (Wildman–Crippen MR) is 73.2 cm³/mol. The van der Waals surface area contributed by atoms with Crippen LogP contribution in [0.25, 0.3) is 0 Å². The van der Waals surface area contributed by atoms with Gasteiger partial charge in [0.1, 0.15) is 0 Å². The maximum Gasteiger partial charge on any atom is 0.325 e. The molecule has 1 rings (SSSR count). The lowest BCUT2D eigenvalue weighted by Gasteiger charge is -2.30. The minimum Gasteiger partial charge on any atom is -0.468 e. The SMILES string of the molecule is CCN(CC1CCNCC1)S(=O)(=O)C(C)C(=O)OC. The second kappa shape index (κ2) is 7.21. The minimum atomic E-state index is -3.62. The lowest BCUT2D eigenvalue weighted by atomic mass is 9.98. The first-order chi connectivity index (χ1) is 8.93. The van der Waals surface area contributed by atoms with E-state index in [1.54, 1.807) is 6.92 Å². The van der Waals surface area contributed by atoms with Crippen molar-refractivity contribution in [3.8, 4) is 0 Å². The summed E-state index contributed by atoms with van der Waals surface area (Å²) in [5.74, 6) is -0.343. The Balaban J connectivity index is 2.74. The van der Waals surface area contributed by atoms with Gasteiger partial charge in [-0.05, 0) is 38.8 Å². The van der Waals surface area contributed by atoms with Crippen molar-refractivity contribution < 1.29 is 17.9 Å². The molecule has 0 aromatic rings. The molecule has 1 saturated heterocycles. The number of ether oxygens (including phenoxy) is 1. The van der Waals surface area contributed by atoms with Gasteiger partial charge in [0.25, 0.3) is 0 Å². The molecular formula is C12H24N2O4S. The van der Waals surface area contributed by atoms with E-state index in [2.05, 4.69) is 10.1 Å². The molecular weight excluding hydrogens is 268 g/mol. The monoisotopic (exact) mass is 292 g/mol. The molecule has 1 heterocycles. The van der Waals surface area contributed by atoms with E-state index in [0.717, 1.165) is 25.9 Å². The number of piperidine rings is 1. The normalized spacial score (nSPS) is 19.4. The van der Waals surface area contributed by atoms with E-state index in [1.807, 2.05) is 0 Å². The molecule has 19 heavy (non-hydrogen) atoms. The number of methoxy groups -OCH3 is 1. The van der Waals surface area contributed by atoms with Crippen LogP contribution in [0.2, 0.25) is 0 Å². The molecule has 7 heteroatoms. The van der Waals surface area contributed by atoms with E-state index in [9.17, 15) is 13.2 Å². The average Bonchev–Trinajstić information content (AvgIpc) is 2.43. The molecule has 1 unspecified atom stereocenters. The molecule has 0 aliphatic carbocycles. The van der Waals surface area contributed by atoms with E-state index < -0.39 is 21.2 Å². The number of hydrogen-bond donors (Lipinski definition) is 1. The molecule has 1 aliphatic rings. The van der Waals surface area contributed by atoms with Gasteiger partial charge < -0.3 is 10.1 Å². The van der Waals surface area contributed by atoms with Crippen molar-refractivity contribution in [2.24, 2.45) is 5.92 Å². The topological polar surface area (TPSA) is 75.7 Å². The molecule has 0 radical (unpaired) electrons. The average molecular weight is 292 g/mol. The molecule has 1 aliphatic heterocycles. The van der Waals surface area contributed by atoms with Gasteiger partial charge in [-0.25, -0.2) is 12.7 Å². The first kappa shape index (κ1) is 16.4. The number of nitrogens with one attached hydrogen (secondary N) is 1. The van der Waals surface area contributed by atoms with Crippen LogP contribution in [-0.4, -0.2) is 57.2 Å². The number of nitrogens with zero attached hydrogens (tertiary/aromatic N) is 1. The number of carbonyl (C=O) groups excluding carboxylic acids is 1. The largest absolute Gasteiger partial charge is 0.468 e. The van der Waals surface area contributed by atoms with Gasteiger partial charge in [-0.3, -0.25) is 4.79 Å². The molecule has 0 amide bonds. The summed E-state index contributed by atoms with van der Waals surface area (Å²) in [6.45, 7) is 5.90. The third-order valence-corrected chi connectivity index (χ3v) is 5.83. The Kier molecular flexibility index (Phi) is 6.22. The lowest BCUT2D eigenvalue weighted by Crippen LogP contribution is -2.45. The van der Waals surface area contributed by atoms with Gasteiger partial charge in [0, 0.05) is 13.1 Å². The molecule has 1 N–H and O–H groups in total. The Morgan fingerprint density at radius 3 is 2.47 bits per heavy atom. The number of esters is 1. The summed E-state index contributed by atoms with van der Waals surface area (Å²) >= 11 is 0. The van der Waals surface area contributed by atoms with Gasteiger partial charge in [-0.2, -0.15) is 0 Å². The lowest BCUT2D eigenvalue weighted by molar-refractivity contribution is -0.139. The molecule has 1 fully saturated rings. The summed E-state index contributed by atoms with van der Waals surface area (Å²) in [5, 5.41) is 2.11. The highest BCUT2D eigenvalue weighted by molar-refractivity contribution is 7.90. The summed E-state index contributed by atoms with van der Waals surface area (Å²) in [6, 6.07) is 0. The van der Waals surface area contributed by atoms with Crippen molar-refractivity contribution in [1.29, 1.82) is 0 Å². The van der Waals surface area contributed by atoms with Gasteiger partial charge in [0.15, 0.2) is 5.25 Å². The smallest absolute Gasteiger partial charge is 0.325 e. The van der Waals surface area contributed by atoms with Crippen LogP contribution in [0.1, 0.15) is 26.7 Å². The van der Waals surface area contributed by atoms with E-state index in [4.69, 9.17) is 0 Å². The highest BCUT2D eigenvalue weighted by Crippen LogP contribution is 2.18. The predicted octanol–water partition coefficient (Wildman–Crippen LogP) is 0.199. The van der Waals surface area contributed by atoms with Crippen molar-refractivity contribution in [2.75, 3.05) is 33.3 Å². The fourth-order valence-corrected chi connectivity index (χ4v) is 3.84. The zero-order valence-corrected chi connectivity index (χ0v) is 12.7. The van der Waals surface area contributed by atoms with Gasteiger partial charge in [0.05, 0.1) is 7.11 Å². The highest BCUT2D eigenvalue weighted by Gasteiger charge is 2.35. The second-order valence-electron chi connectivity index (χ2n) is 4.85. The van der Waals surface area contributed by atoms with Crippen LogP contribution in [0.5, 0.6) is 0 Å². The van der Waals surface area contributed by atoms with E-state index >= 15 is 0 Å². The van der Waals surface area contributed by atoms with Gasteiger partial charge in [0.2, 0.25) is 10.0 Å². The summed E-state index contributed by atoms with van der Waals surface area (Å²) in [5.41, 5.74) is 0. The van der Waals surface area contributed by atoms with Crippen LogP contribution < -0.4 is 5.32 Å². The standard InChI is InChI=1S/C12H24N2O4S/c1-4-14(9-11-5-7-13-8-6-11)19(16,17)10(2)12(15)18-3/h10-11,13H,4-9H2,1-3H3. The molecule has 1 atom stereocenters. The third-order valence-electron chi connectivity index (χ3n) is 3.61. The summed E-state index contributed by atoms with van der Waals surface area (Å²) in [6.07, 6.45) is 1.94. The van der Waals surface area contributed by atoms with Gasteiger partial charge in [-0.15, -0.1) is 0 Å². The fraction of sp³-hybridized carbons (Fsp3) is 0.917. The minimum absolute atomic E-state index is 0.362. The molecule has 0 aromatic heterocycles. The highest BCUT2D eigenvalue weighted by atomic mass is 32.2. The van der Waals surface area contributed by atoms with Crippen molar-refractivity contribution in [1.82, 2.24) is 9.62 Å². The quantitative estimate of drug-likeness (QED) is 0.708. The Labute approximate surface area is 115 Å². The molecule has 112 valence electrons. The number of sulfonamides is 1. The Hall–Kier alpha value is -0.660. The zero-order chi connectivity index (χ0) is 14.5. The molecule has 0 bridgehead atoms. The first-order valence-corrected chi connectivity index (χ1v) is 8.21. The second-order valence-corrected chi connectivity index (χ2v) is 7.11. The third kappa shape index (κ3) is 4.15. The Morgan fingerprint density at radius 2 is 2.00 bits per heavy atom. The van der Waals surface area contributed by atoms with Crippen LogP contribution in [0.4, 0.5) is 0 Å². The number of hydrogen-bond acceptors (Lipinski definition) is 5. The van der Waals surface area contributed by atoms with Crippen molar-refractivity contribution in [3.05, 3.63) is 0 Å². The van der Waals surface area contributed by atoms with E-state index in [0.29, 0.717) is 19.0 Å². The van der Waals surface area contributed by atoms with Crippen molar-refractivity contribution in [2.45, 2.75) is 31.9 Å². The van der Waals surface area contributed by atoms with Crippen molar-refractivity contribution >= 4 is 16.0 Å². The summed E-state index contributed by atoms with van der Waals surface area (Å²) < 4.78 is 30.6. The first-order valence-electron chi connectivity index (χ1n) is 6.71. The molecule has 0 saturated carbocycles. The van der Waals surface area contributed by atoms with Crippen molar-refractivity contribution in [3.63, 3.8) is 0 Å². The maximum atomic E-state index is 12.3.